The molecule has 1 aromatic heterocycles. The number of rotatable bonds is 4. The van der Waals surface area contributed by atoms with Crippen LogP contribution in [0.15, 0.2) is 5.38 Å². The lowest BCUT2D eigenvalue weighted by Gasteiger charge is -2.33. The van der Waals surface area contributed by atoms with Gasteiger partial charge in [-0.3, -0.25) is 4.90 Å². The van der Waals surface area contributed by atoms with E-state index in [2.05, 4.69) is 36.2 Å². The first-order chi connectivity index (χ1) is 6.45. The molecule has 0 saturated carbocycles. The molecule has 1 heterocycles. The molecule has 0 aliphatic carbocycles. The van der Waals surface area contributed by atoms with Crippen LogP contribution in [0, 0.1) is 6.92 Å². The molecule has 80 valence electrons. The second kappa shape index (κ2) is 4.60. The van der Waals surface area contributed by atoms with Crippen molar-refractivity contribution in [2.24, 2.45) is 0 Å². The Morgan fingerprint density at radius 3 is 2.64 bits per heavy atom. The lowest BCUT2D eigenvalue weighted by molar-refractivity contribution is 0.170. The SMILES string of the molecule is Cc1csc(CN(C)C(C)(C)CCl)n1. The average Bonchev–Trinajstić information content (AvgIpc) is 2.51. The van der Waals surface area contributed by atoms with Crippen LogP contribution in [-0.2, 0) is 6.54 Å². The predicted octanol–water partition coefficient (Wildman–Crippen LogP) is 2.90. The second-order valence-corrected chi connectivity index (χ2v) is 5.39. The van der Waals surface area contributed by atoms with Crippen molar-refractivity contribution in [2.45, 2.75) is 32.9 Å². The molecule has 0 bridgehead atoms. The van der Waals surface area contributed by atoms with E-state index in [9.17, 15) is 0 Å². The van der Waals surface area contributed by atoms with Gasteiger partial charge in [-0.1, -0.05) is 0 Å². The van der Waals surface area contributed by atoms with Gasteiger partial charge in [-0.05, 0) is 27.8 Å². The monoisotopic (exact) mass is 232 g/mol. The maximum absolute atomic E-state index is 5.90. The van der Waals surface area contributed by atoms with E-state index >= 15 is 0 Å². The first-order valence-corrected chi connectivity index (χ1v) is 6.05. The largest absolute Gasteiger partial charge is 0.293 e. The van der Waals surface area contributed by atoms with Crippen molar-refractivity contribution >= 4 is 22.9 Å². The van der Waals surface area contributed by atoms with E-state index in [0.717, 1.165) is 17.2 Å². The maximum Gasteiger partial charge on any atom is 0.107 e. The Morgan fingerprint density at radius 2 is 2.21 bits per heavy atom. The van der Waals surface area contributed by atoms with Gasteiger partial charge >= 0.3 is 0 Å². The van der Waals surface area contributed by atoms with Crippen molar-refractivity contribution in [1.82, 2.24) is 9.88 Å². The minimum absolute atomic E-state index is 0.0289. The third kappa shape index (κ3) is 2.94. The van der Waals surface area contributed by atoms with Gasteiger partial charge in [0.25, 0.3) is 0 Å². The van der Waals surface area contributed by atoms with Crippen LogP contribution < -0.4 is 0 Å². The van der Waals surface area contributed by atoms with Gasteiger partial charge in [0.2, 0.25) is 0 Å². The lowest BCUT2D eigenvalue weighted by atomic mass is 10.1. The zero-order valence-corrected chi connectivity index (χ0v) is 10.7. The van der Waals surface area contributed by atoms with Gasteiger partial charge in [-0.15, -0.1) is 22.9 Å². The van der Waals surface area contributed by atoms with Crippen LogP contribution in [0.25, 0.3) is 0 Å². The lowest BCUT2D eigenvalue weighted by Crippen LogP contribution is -2.42. The van der Waals surface area contributed by atoms with Crippen molar-refractivity contribution < 1.29 is 0 Å². The quantitative estimate of drug-likeness (QED) is 0.743. The van der Waals surface area contributed by atoms with Gasteiger partial charge in [0.05, 0.1) is 6.54 Å². The molecule has 0 aliphatic heterocycles. The highest BCUT2D eigenvalue weighted by Crippen LogP contribution is 2.19. The summed E-state index contributed by atoms with van der Waals surface area (Å²) in [4.78, 5) is 6.67. The first-order valence-electron chi connectivity index (χ1n) is 4.64. The summed E-state index contributed by atoms with van der Waals surface area (Å²) < 4.78 is 0. The molecule has 0 N–H and O–H groups in total. The van der Waals surface area contributed by atoms with E-state index in [0.29, 0.717) is 5.88 Å². The number of alkyl halides is 1. The van der Waals surface area contributed by atoms with Crippen molar-refractivity contribution in [3.8, 4) is 0 Å². The molecule has 1 aromatic rings. The number of hydrogen-bond donors (Lipinski definition) is 0. The van der Waals surface area contributed by atoms with Crippen molar-refractivity contribution in [3.63, 3.8) is 0 Å². The Kier molecular flexibility index (Phi) is 3.93. The fourth-order valence-electron chi connectivity index (χ4n) is 0.994. The summed E-state index contributed by atoms with van der Waals surface area (Å²) in [5.41, 5.74) is 1.13. The summed E-state index contributed by atoms with van der Waals surface area (Å²) in [5.74, 6) is 0.633. The molecule has 0 aromatic carbocycles. The smallest absolute Gasteiger partial charge is 0.107 e. The summed E-state index contributed by atoms with van der Waals surface area (Å²) in [6.07, 6.45) is 0. The number of aromatic nitrogens is 1. The third-order valence-electron chi connectivity index (χ3n) is 2.40. The van der Waals surface area contributed by atoms with Crippen molar-refractivity contribution in [1.29, 1.82) is 0 Å². The van der Waals surface area contributed by atoms with Gasteiger partial charge in [-0.2, -0.15) is 0 Å². The van der Waals surface area contributed by atoms with E-state index in [-0.39, 0.29) is 5.54 Å². The summed E-state index contributed by atoms with van der Waals surface area (Å²) in [5, 5.41) is 3.24. The van der Waals surface area contributed by atoms with Gasteiger partial charge in [0.15, 0.2) is 0 Å². The summed E-state index contributed by atoms with van der Waals surface area (Å²) in [7, 11) is 2.08. The van der Waals surface area contributed by atoms with Crippen LogP contribution in [0.5, 0.6) is 0 Å². The fourth-order valence-corrected chi connectivity index (χ4v) is 2.02. The van der Waals surface area contributed by atoms with Crippen LogP contribution >= 0.6 is 22.9 Å². The molecule has 0 fully saturated rings. The zero-order chi connectivity index (χ0) is 10.8. The highest BCUT2D eigenvalue weighted by Gasteiger charge is 2.22. The third-order valence-corrected chi connectivity index (χ3v) is 4.00. The summed E-state index contributed by atoms with van der Waals surface area (Å²) in [6.45, 7) is 7.17. The predicted molar refractivity (Wildman–Crippen MR) is 63.1 cm³/mol. The molecular formula is C10H17ClN2S. The Balaban J connectivity index is 2.61. The van der Waals surface area contributed by atoms with Crippen molar-refractivity contribution in [2.75, 3.05) is 12.9 Å². The van der Waals surface area contributed by atoms with E-state index in [1.54, 1.807) is 11.3 Å². The number of halogens is 1. The van der Waals surface area contributed by atoms with E-state index in [4.69, 9.17) is 11.6 Å². The van der Waals surface area contributed by atoms with Crippen molar-refractivity contribution in [3.05, 3.63) is 16.1 Å². The molecule has 0 saturated heterocycles. The highest BCUT2D eigenvalue weighted by molar-refractivity contribution is 7.09. The molecule has 0 atom stereocenters. The van der Waals surface area contributed by atoms with Gasteiger partial charge < -0.3 is 0 Å². The molecule has 1 rings (SSSR count). The molecule has 0 spiro atoms. The average molecular weight is 233 g/mol. The van der Waals surface area contributed by atoms with Crippen LogP contribution in [0.4, 0.5) is 0 Å². The first kappa shape index (κ1) is 12.0. The molecule has 14 heavy (non-hydrogen) atoms. The molecule has 4 heteroatoms. The highest BCUT2D eigenvalue weighted by atomic mass is 35.5. The summed E-state index contributed by atoms with van der Waals surface area (Å²) >= 11 is 7.61. The van der Waals surface area contributed by atoms with Gasteiger partial charge in [-0.25, -0.2) is 4.98 Å². The Morgan fingerprint density at radius 1 is 1.57 bits per heavy atom. The van der Waals surface area contributed by atoms with Crippen LogP contribution in [0.3, 0.4) is 0 Å². The maximum atomic E-state index is 5.90. The molecule has 2 nitrogen and oxygen atoms in total. The minimum atomic E-state index is 0.0289. The van der Waals surface area contributed by atoms with Gasteiger partial charge in [0, 0.05) is 22.5 Å². The fraction of sp³-hybridized carbons (Fsp3) is 0.700. The van der Waals surface area contributed by atoms with E-state index in [1.807, 2.05) is 6.92 Å². The Hall–Kier alpha value is -0.120. The molecule has 0 aliphatic rings. The standard InChI is InChI=1S/C10H17ClN2S/c1-8-6-14-9(12-8)5-13(4)10(2,3)7-11/h6H,5,7H2,1-4H3. The summed E-state index contributed by atoms with van der Waals surface area (Å²) in [6, 6.07) is 0. The van der Waals surface area contributed by atoms with E-state index < -0.39 is 0 Å². The zero-order valence-electron chi connectivity index (χ0n) is 9.17. The number of thiazole rings is 1. The van der Waals surface area contributed by atoms with Gasteiger partial charge in [0.1, 0.15) is 5.01 Å². The normalized spacial score (nSPS) is 12.4. The van der Waals surface area contributed by atoms with Crippen LogP contribution in [-0.4, -0.2) is 28.4 Å². The number of hydrogen-bond acceptors (Lipinski definition) is 3. The molecular weight excluding hydrogens is 216 g/mol. The molecule has 0 radical (unpaired) electrons. The second-order valence-electron chi connectivity index (χ2n) is 4.18. The molecule has 0 amide bonds. The number of nitrogens with zero attached hydrogens (tertiary/aromatic N) is 2. The van der Waals surface area contributed by atoms with E-state index in [1.165, 1.54) is 0 Å². The Labute approximate surface area is 94.9 Å². The Bertz CT molecular complexity index is 296. The topological polar surface area (TPSA) is 16.1 Å². The molecule has 0 unspecified atom stereocenters. The van der Waals surface area contributed by atoms with Crippen LogP contribution in [0.1, 0.15) is 24.5 Å². The number of aryl methyl sites for hydroxylation is 1. The minimum Gasteiger partial charge on any atom is -0.293 e. The van der Waals surface area contributed by atoms with Crippen LogP contribution in [0.2, 0.25) is 0 Å².